The molecule has 0 spiro atoms. The lowest BCUT2D eigenvalue weighted by atomic mass is 10.3. The van der Waals surface area contributed by atoms with Crippen LogP contribution in [0.3, 0.4) is 0 Å². The van der Waals surface area contributed by atoms with Crippen LogP contribution in [-0.4, -0.2) is 47.9 Å². The largest absolute Gasteiger partial charge is 0.353 e. The predicted octanol–water partition coefficient (Wildman–Crippen LogP) is 0.655. The fourth-order valence-corrected chi connectivity index (χ4v) is 1.73. The van der Waals surface area contributed by atoms with Crippen molar-refractivity contribution in [1.82, 2.24) is 14.7 Å². The molecule has 0 radical (unpaired) electrons. The summed E-state index contributed by atoms with van der Waals surface area (Å²) < 4.78 is 1.98. The van der Waals surface area contributed by atoms with Crippen LogP contribution >= 0.6 is 0 Å². The number of anilines is 1. The summed E-state index contributed by atoms with van der Waals surface area (Å²) >= 11 is 0. The number of likely N-dealkylation sites (N-methyl/N-ethyl adjacent to an activating group) is 1. The Balaban J connectivity index is 2.01. The van der Waals surface area contributed by atoms with Gasteiger partial charge in [-0.15, -0.1) is 0 Å². The number of aromatic nitrogens is 2. The Morgan fingerprint density at radius 3 is 2.57 bits per heavy atom. The van der Waals surface area contributed by atoms with Gasteiger partial charge < -0.3 is 9.80 Å². The smallest absolute Gasteiger partial charge is 0.150 e. The summed E-state index contributed by atoms with van der Waals surface area (Å²) in [5.74, 6) is 1.12. The van der Waals surface area contributed by atoms with Crippen LogP contribution in [0.2, 0.25) is 0 Å². The quantitative estimate of drug-likeness (QED) is 0.691. The molecule has 1 aliphatic heterocycles. The second-order valence-electron chi connectivity index (χ2n) is 3.82. The molecule has 2 rings (SSSR count). The maximum atomic E-state index is 4.50. The average molecular weight is 194 g/mol. The summed E-state index contributed by atoms with van der Waals surface area (Å²) in [7, 11) is 2.17. The molecular formula is C10H18N4. The molecule has 1 aliphatic rings. The molecule has 0 aliphatic carbocycles. The third-order valence-electron chi connectivity index (χ3n) is 2.78. The van der Waals surface area contributed by atoms with Gasteiger partial charge in [0, 0.05) is 45.0 Å². The maximum Gasteiger partial charge on any atom is 0.150 e. The zero-order valence-electron chi connectivity index (χ0n) is 8.98. The van der Waals surface area contributed by atoms with E-state index in [-0.39, 0.29) is 0 Å². The summed E-state index contributed by atoms with van der Waals surface area (Å²) in [4.78, 5) is 4.71. The zero-order valence-corrected chi connectivity index (χ0v) is 8.98. The van der Waals surface area contributed by atoms with Crippen molar-refractivity contribution in [1.29, 1.82) is 0 Å². The second-order valence-corrected chi connectivity index (χ2v) is 3.82. The first-order chi connectivity index (χ1) is 6.79. The Kier molecular flexibility index (Phi) is 2.72. The minimum Gasteiger partial charge on any atom is -0.353 e. The van der Waals surface area contributed by atoms with E-state index >= 15 is 0 Å². The second kappa shape index (κ2) is 4.00. The van der Waals surface area contributed by atoms with Gasteiger partial charge in [0.1, 0.15) is 0 Å². The van der Waals surface area contributed by atoms with Crippen LogP contribution in [0.1, 0.15) is 6.92 Å². The van der Waals surface area contributed by atoms with Crippen molar-refractivity contribution in [3.63, 3.8) is 0 Å². The van der Waals surface area contributed by atoms with Gasteiger partial charge in [-0.1, -0.05) is 0 Å². The molecule has 1 aromatic heterocycles. The first-order valence-corrected chi connectivity index (χ1v) is 5.26. The van der Waals surface area contributed by atoms with E-state index in [0.29, 0.717) is 0 Å². The molecule has 1 saturated heterocycles. The van der Waals surface area contributed by atoms with Gasteiger partial charge in [0.2, 0.25) is 0 Å². The van der Waals surface area contributed by atoms with E-state index in [1.54, 1.807) is 0 Å². The van der Waals surface area contributed by atoms with Crippen molar-refractivity contribution >= 4 is 5.82 Å². The number of hydrogen-bond donors (Lipinski definition) is 0. The fraction of sp³-hybridized carbons (Fsp3) is 0.700. The molecule has 1 fully saturated rings. The Bertz CT molecular complexity index is 286. The topological polar surface area (TPSA) is 24.3 Å². The first kappa shape index (κ1) is 9.52. The van der Waals surface area contributed by atoms with Gasteiger partial charge in [-0.3, -0.25) is 4.68 Å². The molecule has 0 unspecified atom stereocenters. The number of aryl methyl sites for hydroxylation is 1. The molecule has 0 atom stereocenters. The van der Waals surface area contributed by atoms with Crippen LogP contribution in [0, 0.1) is 0 Å². The number of piperazine rings is 1. The molecule has 0 amide bonds. The summed E-state index contributed by atoms with van der Waals surface area (Å²) in [5, 5.41) is 4.50. The first-order valence-electron chi connectivity index (χ1n) is 5.26. The van der Waals surface area contributed by atoms with Crippen LogP contribution in [0.4, 0.5) is 5.82 Å². The normalized spacial score (nSPS) is 18.9. The Morgan fingerprint density at radius 2 is 2.00 bits per heavy atom. The van der Waals surface area contributed by atoms with Crippen LogP contribution in [-0.2, 0) is 6.54 Å². The standard InChI is InChI=1S/C10H18N4/c1-3-14-5-4-10(11-14)13-8-6-12(2)7-9-13/h4-5H,3,6-9H2,1-2H3. The van der Waals surface area contributed by atoms with Gasteiger partial charge >= 0.3 is 0 Å². The third kappa shape index (κ3) is 1.90. The Labute approximate surface area is 85.1 Å². The molecule has 2 heterocycles. The van der Waals surface area contributed by atoms with Gasteiger partial charge in [-0.25, -0.2) is 0 Å². The van der Waals surface area contributed by atoms with Crippen molar-refractivity contribution in [3.05, 3.63) is 12.3 Å². The van der Waals surface area contributed by atoms with Crippen molar-refractivity contribution in [3.8, 4) is 0 Å². The SMILES string of the molecule is CCn1ccc(N2CCN(C)CC2)n1. The van der Waals surface area contributed by atoms with E-state index in [0.717, 1.165) is 38.5 Å². The van der Waals surface area contributed by atoms with Gasteiger partial charge in [0.05, 0.1) is 0 Å². The molecule has 1 aromatic rings. The van der Waals surface area contributed by atoms with Crippen molar-refractivity contribution in [2.24, 2.45) is 0 Å². The molecule has 14 heavy (non-hydrogen) atoms. The summed E-state index contributed by atoms with van der Waals surface area (Å²) in [6, 6.07) is 2.11. The van der Waals surface area contributed by atoms with E-state index in [9.17, 15) is 0 Å². The van der Waals surface area contributed by atoms with Crippen LogP contribution in [0.15, 0.2) is 12.3 Å². The predicted molar refractivity (Wildman–Crippen MR) is 57.6 cm³/mol. The van der Waals surface area contributed by atoms with E-state index in [4.69, 9.17) is 0 Å². The van der Waals surface area contributed by atoms with Crippen LogP contribution < -0.4 is 4.90 Å². The minimum atomic E-state index is 0.952. The van der Waals surface area contributed by atoms with Gasteiger partial charge in [0.25, 0.3) is 0 Å². The van der Waals surface area contributed by atoms with Gasteiger partial charge in [0.15, 0.2) is 5.82 Å². The lowest BCUT2D eigenvalue weighted by molar-refractivity contribution is 0.311. The fourth-order valence-electron chi connectivity index (χ4n) is 1.73. The molecule has 0 N–H and O–H groups in total. The highest BCUT2D eigenvalue weighted by Gasteiger charge is 2.15. The maximum absolute atomic E-state index is 4.50. The van der Waals surface area contributed by atoms with Crippen molar-refractivity contribution in [2.75, 3.05) is 38.1 Å². The summed E-state index contributed by atoms with van der Waals surface area (Å²) in [5.41, 5.74) is 0. The molecule has 4 heteroatoms. The van der Waals surface area contributed by atoms with Crippen molar-refractivity contribution < 1.29 is 0 Å². The number of rotatable bonds is 2. The average Bonchev–Trinajstić information content (AvgIpc) is 2.67. The molecule has 0 aromatic carbocycles. The Hall–Kier alpha value is -1.03. The molecular weight excluding hydrogens is 176 g/mol. The molecule has 78 valence electrons. The lowest BCUT2D eigenvalue weighted by Crippen LogP contribution is -2.44. The van der Waals surface area contributed by atoms with E-state index in [1.165, 1.54) is 0 Å². The van der Waals surface area contributed by atoms with Crippen LogP contribution in [0.5, 0.6) is 0 Å². The lowest BCUT2D eigenvalue weighted by Gasteiger charge is -2.32. The third-order valence-corrected chi connectivity index (χ3v) is 2.78. The minimum absolute atomic E-state index is 0.952. The number of nitrogens with zero attached hydrogens (tertiary/aromatic N) is 4. The monoisotopic (exact) mass is 194 g/mol. The van der Waals surface area contributed by atoms with E-state index in [2.05, 4.69) is 34.9 Å². The summed E-state index contributed by atoms with van der Waals surface area (Å²) in [6.45, 7) is 7.53. The highest BCUT2D eigenvalue weighted by molar-refractivity contribution is 5.37. The molecule has 4 nitrogen and oxygen atoms in total. The molecule has 0 saturated carbocycles. The van der Waals surface area contributed by atoms with E-state index < -0.39 is 0 Å². The number of hydrogen-bond acceptors (Lipinski definition) is 3. The summed E-state index contributed by atoms with van der Waals surface area (Å²) in [6.07, 6.45) is 2.05. The zero-order chi connectivity index (χ0) is 9.97. The van der Waals surface area contributed by atoms with Crippen LogP contribution in [0.25, 0.3) is 0 Å². The highest BCUT2D eigenvalue weighted by atomic mass is 15.4. The van der Waals surface area contributed by atoms with E-state index in [1.807, 2.05) is 10.9 Å². The van der Waals surface area contributed by atoms with Crippen molar-refractivity contribution in [2.45, 2.75) is 13.5 Å². The van der Waals surface area contributed by atoms with Gasteiger partial charge in [-0.05, 0) is 14.0 Å². The van der Waals surface area contributed by atoms with Gasteiger partial charge in [-0.2, -0.15) is 5.10 Å². The Morgan fingerprint density at radius 1 is 1.29 bits per heavy atom. The highest BCUT2D eigenvalue weighted by Crippen LogP contribution is 2.12. The molecule has 0 bridgehead atoms.